The molecule has 0 aromatic heterocycles. The maximum atomic E-state index is 9.62. The highest BCUT2D eigenvalue weighted by molar-refractivity contribution is 4.99. The third-order valence-corrected chi connectivity index (χ3v) is 5.51. The molecule has 0 radical (unpaired) electrons. The molecule has 114 valence electrons. The zero-order valence-corrected chi connectivity index (χ0v) is 13.7. The summed E-state index contributed by atoms with van der Waals surface area (Å²) in [6.07, 6.45) is 5.10. The number of hydrogen-bond donors (Lipinski definition) is 0. The second kappa shape index (κ2) is 6.45. The molecule has 0 bridgehead atoms. The van der Waals surface area contributed by atoms with E-state index in [0.717, 1.165) is 32.1 Å². The fraction of sp³-hybridized carbons (Fsp3) is 0.941. The maximum absolute atomic E-state index is 9.62. The van der Waals surface area contributed by atoms with Crippen LogP contribution in [-0.4, -0.2) is 49.1 Å². The maximum Gasteiger partial charge on any atom is 0.101 e. The first-order valence-electron chi connectivity index (χ1n) is 8.24. The van der Waals surface area contributed by atoms with Gasteiger partial charge < -0.3 is 4.90 Å². The summed E-state index contributed by atoms with van der Waals surface area (Å²) in [6.45, 7) is 11.4. The van der Waals surface area contributed by atoms with E-state index in [2.05, 4.69) is 43.7 Å². The van der Waals surface area contributed by atoms with Gasteiger partial charge in [-0.3, -0.25) is 4.90 Å². The Morgan fingerprint density at radius 2 is 1.55 bits per heavy atom. The molecule has 0 aromatic rings. The van der Waals surface area contributed by atoms with Gasteiger partial charge >= 0.3 is 0 Å². The fourth-order valence-electron chi connectivity index (χ4n) is 3.89. The number of nitriles is 1. The van der Waals surface area contributed by atoms with Gasteiger partial charge in [-0.2, -0.15) is 5.26 Å². The van der Waals surface area contributed by atoms with Gasteiger partial charge in [0.15, 0.2) is 0 Å². The van der Waals surface area contributed by atoms with Gasteiger partial charge in [0.1, 0.15) is 6.04 Å². The van der Waals surface area contributed by atoms with Crippen LogP contribution in [0, 0.1) is 28.6 Å². The molecule has 1 aliphatic carbocycles. The molecule has 2 aliphatic rings. The Labute approximate surface area is 124 Å². The number of hydrogen-bond acceptors (Lipinski definition) is 3. The van der Waals surface area contributed by atoms with Crippen LogP contribution in [0.25, 0.3) is 0 Å². The summed E-state index contributed by atoms with van der Waals surface area (Å²) in [5.74, 6) is 1.44. The lowest BCUT2D eigenvalue weighted by Gasteiger charge is -2.42. The minimum atomic E-state index is 0.157. The third-order valence-electron chi connectivity index (χ3n) is 5.51. The quantitative estimate of drug-likeness (QED) is 0.777. The number of rotatable bonds is 2. The van der Waals surface area contributed by atoms with Gasteiger partial charge in [0.25, 0.3) is 0 Å². The summed E-state index contributed by atoms with van der Waals surface area (Å²) in [4.78, 5) is 4.80. The van der Waals surface area contributed by atoms with Gasteiger partial charge in [-0.25, -0.2) is 0 Å². The third kappa shape index (κ3) is 3.74. The Bertz CT molecular complexity index is 336. The van der Waals surface area contributed by atoms with Crippen molar-refractivity contribution in [2.24, 2.45) is 17.3 Å². The molecule has 2 rings (SSSR count). The molecule has 1 saturated carbocycles. The summed E-state index contributed by atoms with van der Waals surface area (Å²) in [5.41, 5.74) is 0.431. The summed E-state index contributed by atoms with van der Waals surface area (Å²) < 4.78 is 0. The van der Waals surface area contributed by atoms with E-state index in [1.165, 1.54) is 25.7 Å². The lowest BCUT2D eigenvalue weighted by Crippen LogP contribution is -2.51. The van der Waals surface area contributed by atoms with E-state index in [4.69, 9.17) is 0 Å². The van der Waals surface area contributed by atoms with Crippen molar-refractivity contribution in [2.75, 3.05) is 33.2 Å². The zero-order chi connectivity index (χ0) is 14.8. The first-order valence-corrected chi connectivity index (χ1v) is 8.24. The Kier molecular flexibility index (Phi) is 5.09. The highest BCUT2D eigenvalue weighted by Gasteiger charge is 2.35. The lowest BCUT2D eigenvalue weighted by atomic mass is 9.68. The zero-order valence-electron chi connectivity index (χ0n) is 13.7. The van der Waals surface area contributed by atoms with E-state index in [1.54, 1.807) is 0 Å². The second-order valence-corrected chi connectivity index (χ2v) is 7.89. The highest BCUT2D eigenvalue weighted by atomic mass is 15.3. The summed E-state index contributed by atoms with van der Waals surface area (Å²) in [5, 5.41) is 9.62. The van der Waals surface area contributed by atoms with Crippen LogP contribution in [-0.2, 0) is 0 Å². The molecule has 1 unspecified atom stereocenters. The molecular weight excluding hydrogens is 246 g/mol. The number of piperazine rings is 1. The van der Waals surface area contributed by atoms with Gasteiger partial charge in [0, 0.05) is 26.2 Å². The Morgan fingerprint density at radius 3 is 2.00 bits per heavy atom. The van der Waals surface area contributed by atoms with Crippen LogP contribution in [0.3, 0.4) is 0 Å². The molecule has 0 amide bonds. The Morgan fingerprint density at radius 1 is 1.00 bits per heavy atom. The van der Waals surface area contributed by atoms with E-state index in [-0.39, 0.29) is 6.04 Å². The average Bonchev–Trinajstić information content (AvgIpc) is 2.41. The molecule has 2 fully saturated rings. The fourth-order valence-corrected chi connectivity index (χ4v) is 3.89. The van der Waals surface area contributed by atoms with Crippen molar-refractivity contribution in [3.05, 3.63) is 0 Å². The van der Waals surface area contributed by atoms with E-state index >= 15 is 0 Å². The summed E-state index contributed by atoms with van der Waals surface area (Å²) in [7, 11) is 2.17. The molecule has 1 atom stereocenters. The lowest BCUT2D eigenvalue weighted by molar-refractivity contribution is 0.0718. The van der Waals surface area contributed by atoms with E-state index < -0.39 is 0 Å². The van der Waals surface area contributed by atoms with Crippen LogP contribution >= 0.6 is 0 Å². The topological polar surface area (TPSA) is 30.3 Å². The molecule has 3 nitrogen and oxygen atoms in total. The smallest absolute Gasteiger partial charge is 0.101 e. The minimum Gasteiger partial charge on any atom is -0.304 e. The van der Waals surface area contributed by atoms with E-state index in [0.29, 0.717) is 11.3 Å². The summed E-state index contributed by atoms with van der Waals surface area (Å²) in [6, 6.07) is 2.77. The minimum absolute atomic E-state index is 0.157. The largest absolute Gasteiger partial charge is 0.304 e. The first kappa shape index (κ1) is 15.8. The van der Waals surface area contributed by atoms with Crippen LogP contribution in [0.1, 0.15) is 46.5 Å². The van der Waals surface area contributed by atoms with Crippen molar-refractivity contribution >= 4 is 0 Å². The molecule has 0 aromatic carbocycles. The van der Waals surface area contributed by atoms with Gasteiger partial charge in [-0.05, 0) is 50.0 Å². The van der Waals surface area contributed by atoms with Crippen molar-refractivity contribution in [1.29, 1.82) is 5.26 Å². The predicted octanol–water partition coefficient (Wildman–Crippen LogP) is 2.98. The SMILES string of the molecule is CN1CCN(C(C#N)C2CCC(C(C)(C)C)CC2)CC1. The van der Waals surface area contributed by atoms with Crippen LogP contribution in [0.4, 0.5) is 0 Å². The van der Waals surface area contributed by atoms with E-state index in [1.807, 2.05) is 0 Å². The van der Waals surface area contributed by atoms with Crippen LogP contribution in [0.2, 0.25) is 0 Å². The van der Waals surface area contributed by atoms with Crippen molar-refractivity contribution in [3.63, 3.8) is 0 Å². The average molecular weight is 277 g/mol. The van der Waals surface area contributed by atoms with Crippen molar-refractivity contribution in [1.82, 2.24) is 9.80 Å². The normalized spacial score (nSPS) is 31.8. The number of nitrogens with zero attached hydrogens (tertiary/aromatic N) is 3. The van der Waals surface area contributed by atoms with Crippen molar-refractivity contribution in [3.8, 4) is 6.07 Å². The molecule has 1 saturated heterocycles. The molecule has 0 N–H and O–H groups in total. The molecule has 20 heavy (non-hydrogen) atoms. The molecular formula is C17H31N3. The standard InChI is InChI=1S/C17H31N3/c1-17(2,3)15-7-5-14(6-8-15)16(13-18)20-11-9-19(4)10-12-20/h14-16H,5-12H2,1-4H3. The molecule has 1 aliphatic heterocycles. The van der Waals surface area contributed by atoms with Crippen LogP contribution < -0.4 is 0 Å². The van der Waals surface area contributed by atoms with E-state index in [9.17, 15) is 5.26 Å². The second-order valence-electron chi connectivity index (χ2n) is 7.89. The first-order chi connectivity index (χ1) is 9.41. The molecule has 0 spiro atoms. The highest BCUT2D eigenvalue weighted by Crippen LogP contribution is 2.41. The molecule has 1 heterocycles. The van der Waals surface area contributed by atoms with Gasteiger partial charge in [-0.15, -0.1) is 0 Å². The van der Waals surface area contributed by atoms with Crippen LogP contribution in [0.15, 0.2) is 0 Å². The van der Waals surface area contributed by atoms with Gasteiger partial charge in [0.05, 0.1) is 6.07 Å². The molecule has 3 heteroatoms. The predicted molar refractivity (Wildman–Crippen MR) is 83.4 cm³/mol. The summed E-state index contributed by atoms with van der Waals surface area (Å²) >= 11 is 0. The Hall–Kier alpha value is -0.590. The number of likely N-dealkylation sites (N-methyl/N-ethyl adjacent to an activating group) is 1. The Balaban J connectivity index is 1.89. The van der Waals surface area contributed by atoms with Crippen molar-refractivity contribution in [2.45, 2.75) is 52.5 Å². The van der Waals surface area contributed by atoms with Gasteiger partial charge in [0.2, 0.25) is 0 Å². The van der Waals surface area contributed by atoms with Crippen LogP contribution in [0.5, 0.6) is 0 Å². The van der Waals surface area contributed by atoms with Gasteiger partial charge in [-0.1, -0.05) is 20.8 Å². The van der Waals surface area contributed by atoms with Crippen molar-refractivity contribution < 1.29 is 0 Å². The monoisotopic (exact) mass is 277 g/mol.